The molecule has 116 valence electrons. The Labute approximate surface area is 126 Å². The lowest BCUT2D eigenvalue weighted by molar-refractivity contribution is -0.122. The standard InChI is InChI=1S/C16H25N3O2/c1-12(19-9-7-16(2,21)8-10-19)15(20)18-14-5-3-13(11-17)4-6-14/h3-6,12,21H,7-11,17H2,1-2H3,(H,18,20). The highest BCUT2D eigenvalue weighted by atomic mass is 16.3. The predicted molar refractivity (Wildman–Crippen MR) is 83.9 cm³/mol. The van der Waals surface area contributed by atoms with Gasteiger partial charge in [0, 0.05) is 25.3 Å². The molecule has 1 aliphatic rings. The first-order valence-corrected chi connectivity index (χ1v) is 7.47. The van der Waals surface area contributed by atoms with E-state index in [0.717, 1.165) is 24.3 Å². The van der Waals surface area contributed by atoms with Crippen molar-refractivity contribution in [3.8, 4) is 0 Å². The molecule has 1 atom stereocenters. The van der Waals surface area contributed by atoms with Crippen molar-refractivity contribution in [2.24, 2.45) is 5.73 Å². The van der Waals surface area contributed by atoms with Crippen molar-refractivity contribution in [1.29, 1.82) is 0 Å². The Morgan fingerprint density at radius 2 is 1.95 bits per heavy atom. The lowest BCUT2D eigenvalue weighted by atomic mass is 9.93. The van der Waals surface area contributed by atoms with Crippen LogP contribution in [0.4, 0.5) is 5.69 Å². The summed E-state index contributed by atoms with van der Waals surface area (Å²) in [5.74, 6) is -0.0166. The van der Waals surface area contributed by atoms with Crippen molar-refractivity contribution in [3.63, 3.8) is 0 Å². The molecule has 0 aromatic heterocycles. The second kappa shape index (κ2) is 6.56. The molecule has 1 saturated heterocycles. The van der Waals surface area contributed by atoms with Crippen LogP contribution in [0, 0.1) is 0 Å². The molecule has 1 aromatic rings. The van der Waals surface area contributed by atoms with Crippen molar-refractivity contribution in [1.82, 2.24) is 4.90 Å². The lowest BCUT2D eigenvalue weighted by Crippen LogP contribution is -2.49. The fourth-order valence-electron chi connectivity index (χ4n) is 2.53. The van der Waals surface area contributed by atoms with Gasteiger partial charge in [-0.1, -0.05) is 12.1 Å². The molecular formula is C16H25N3O2. The van der Waals surface area contributed by atoms with Crippen molar-refractivity contribution in [3.05, 3.63) is 29.8 Å². The lowest BCUT2D eigenvalue weighted by Gasteiger charge is -2.38. The second-order valence-corrected chi connectivity index (χ2v) is 6.10. The highest BCUT2D eigenvalue weighted by molar-refractivity contribution is 5.94. The zero-order valence-corrected chi connectivity index (χ0v) is 12.8. The number of piperidine rings is 1. The number of nitrogens with zero attached hydrogens (tertiary/aromatic N) is 1. The van der Waals surface area contributed by atoms with Crippen LogP contribution in [0.3, 0.4) is 0 Å². The molecule has 0 aliphatic carbocycles. The summed E-state index contributed by atoms with van der Waals surface area (Å²) in [5.41, 5.74) is 6.79. The largest absolute Gasteiger partial charge is 0.390 e. The average Bonchev–Trinajstić information content (AvgIpc) is 2.47. The molecule has 1 unspecified atom stereocenters. The summed E-state index contributed by atoms with van der Waals surface area (Å²) in [6, 6.07) is 7.37. The first kappa shape index (κ1) is 15.9. The van der Waals surface area contributed by atoms with E-state index in [1.165, 1.54) is 0 Å². The van der Waals surface area contributed by atoms with Crippen molar-refractivity contribution in [2.75, 3.05) is 18.4 Å². The predicted octanol–water partition coefficient (Wildman–Crippen LogP) is 1.32. The molecule has 1 heterocycles. The Kier molecular flexibility index (Phi) is 4.98. The number of carbonyl (C=O) groups is 1. The molecule has 1 aromatic carbocycles. The van der Waals surface area contributed by atoms with Crippen LogP contribution in [0.2, 0.25) is 0 Å². The van der Waals surface area contributed by atoms with E-state index in [1.54, 1.807) is 0 Å². The number of nitrogens with two attached hydrogens (primary N) is 1. The van der Waals surface area contributed by atoms with Crippen LogP contribution in [0.15, 0.2) is 24.3 Å². The normalized spacial score (nSPS) is 20.0. The van der Waals surface area contributed by atoms with Gasteiger partial charge in [-0.3, -0.25) is 9.69 Å². The number of anilines is 1. The molecule has 0 bridgehead atoms. The van der Waals surface area contributed by atoms with Gasteiger partial charge in [-0.05, 0) is 44.4 Å². The Morgan fingerprint density at radius 1 is 1.38 bits per heavy atom. The van der Waals surface area contributed by atoms with Crippen molar-refractivity contribution in [2.45, 2.75) is 44.9 Å². The molecule has 5 nitrogen and oxygen atoms in total. The fraction of sp³-hybridized carbons (Fsp3) is 0.562. The van der Waals surface area contributed by atoms with Gasteiger partial charge in [0.05, 0.1) is 11.6 Å². The highest BCUT2D eigenvalue weighted by Gasteiger charge is 2.31. The quantitative estimate of drug-likeness (QED) is 0.782. The number of hydrogen-bond acceptors (Lipinski definition) is 4. The van der Waals surface area contributed by atoms with Gasteiger partial charge in [0.1, 0.15) is 0 Å². The maximum Gasteiger partial charge on any atom is 0.241 e. The first-order chi connectivity index (χ1) is 9.91. The summed E-state index contributed by atoms with van der Waals surface area (Å²) in [7, 11) is 0. The minimum Gasteiger partial charge on any atom is -0.390 e. The van der Waals surface area contributed by atoms with Gasteiger partial charge in [-0.25, -0.2) is 0 Å². The number of nitrogens with one attached hydrogen (secondary N) is 1. The number of benzene rings is 1. The minimum atomic E-state index is -0.593. The summed E-state index contributed by atoms with van der Waals surface area (Å²) in [6.07, 6.45) is 1.41. The van der Waals surface area contributed by atoms with E-state index in [2.05, 4.69) is 10.2 Å². The van der Waals surface area contributed by atoms with Crippen LogP contribution in [0.1, 0.15) is 32.3 Å². The van der Waals surface area contributed by atoms with Gasteiger partial charge in [-0.2, -0.15) is 0 Å². The second-order valence-electron chi connectivity index (χ2n) is 6.10. The molecule has 5 heteroatoms. The van der Waals surface area contributed by atoms with Crippen LogP contribution in [0.5, 0.6) is 0 Å². The SMILES string of the molecule is CC(C(=O)Nc1ccc(CN)cc1)N1CCC(C)(O)CC1. The van der Waals surface area contributed by atoms with Gasteiger partial charge in [0.2, 0.25) is 5.91 Å². The molecule has 1 fully saturated rings. The first-order valence-electron chi connectivity index (χ1n) is 7.47. The Morgan fingerprint density at radius 3 is 2.48 bits per heavy atom. The van der Waals surface area contributed by atoms with Gasteiger partial charge in [-0.15, -0.1) is 0 Å². The van der Waals surface area contributed by atoms with Crippen molar-refractivity contribution >= 4 is 11.6 Å². The van der Waals surface area contributed by atoms with Crippen molar-refractivity contribution < 1.29 is 9.90 Å². The fourth-order valence-corrected chi connectivity index (χ4v) is 2.53. The maximum atomic E-state index is 12.3. The number of carbonyl (C=O) groups excluding carboxylic acids is 1. The van der Waals surface area contributed by atoms with E-state index >= 15 is 0 Å². The summed E-state index contributed by atoms with van der Waals surface area (Å²) >= 11 is 0. The molecule has 1 amide bonds. The number of aliphatic hydroxyl groups is 1. The zero-order valence-electron chi connectivity index (χ0n) is 12.8. The summed E-state index contributed by atoms with van der Waals surface area (Å²) in [6.45, 7) is 5.75. The smallest absolute Gasteiger partial charge is 0.241 e. The Bertz CT molecular complexity index is 475. The molecule has 21 heavy (non-hydrogen) atoms. The van der Waals surface area contributed by atoms with E-state index in [4.69, 9.17) is 5.73 Å². The van der Waals surface area contributed by atoms with Gasteiger partial charge >= 0.3 is 0 Å². The van der Waals surface area contributed by atoms with E-state index in [0.29, 0.717) is 19.4 Å². The van der Waals surface area contributed by atoms with Crippen LogP contribution in [-0.4, -0.2) is 40.6 Å². The average molecular weight is 291 g/mol. The molecule has 0 saturated carbocycles. The Balaban J connectivity index is 1.90. The summed E-state index contributed by atoms with van der Waals surface area (Å²) < 4.78 is 0. The highest BCUT2D eigenvalue weighted by Crippen LogP contribution is 2.23. The molecular weight excluding hydrogens is 266 g/mol. The van der Waals surface area contributed by atoms with Gasteiger partial charge in [0.15, 0.2) is 0 Å². The van der Waals surface area contributed by atoms with Crippen LogP contribution >= 0.6 is 0 Å². The molecule has 1 aliphatic heterocycles. The van der Waals surface area contributed by atoms with E-state index in [9.17, 15) is 9.90 Å². The van der Waals surface area contributed by atoms with Gasteiger partial charge < -0.3 is 16.2 Å². The van der Waals surface area contributed by atoms with E-state index in [1.807, 2.05) is 38.1 Å². The summed E-state index contributed by atoms with van der Waals surface area (Å²) in [5, 5.41) is 12.9. The zero-order chi connectivity index (χ0) is 15.5. The molecule has 0 spiro atoms. The van der Waals surface area contributed by atoms with E-state index in [-0.39, 0.29) is 11.9 Å². The Hall–Kier alpha value is -1.43. The van der Waals surface area contributed by atoms with Crippen LogP contribution in [-0.2, 0) is 11.3 Å². The van der Waals surface area contributed by atoms with E-state index < -0.39 is 5.60 Å². The third kappa shape index (κ3) is 4.27. The third-order valence-electron chi connectivity index (χ3n) is 4.26. The van der Waals surface area contributed by atoms with Gasteiger partial charge in [0.25, 0.3) is 0 Å². The number of rotatable bonds is 4. The number of hydrogen-bond donors (Lipinski definition) is 3. The monoisotopic (exact) mass is 291 g/mol. The minimum absolute atomic E-state index is 0.0166. The molecule has 2 rings (SSSR count). The topological polar surface area (TPSA) is 78.6 Å². The molecule has 0 radical (unpaired) electrons. The summed E-state index contributed by atoms with van der Waals surface area (Å²) in [4.78, 5) is 14.4. The number of likely N-dealkylation sites (tertiary alicyclic amines) is 1. The molecule has 4 N–H and O–H groups in total. The van der Waals surface area contributed by atoms with Crippen LogP contribution < -0.4 is 11.1 Å². The maximum absolute atomic E-state index is 12.3. The third-order valence-corrected chi connectivity index (χ3v) is 4.26. The van der Waals surface area contributed by atoms with Crippen LogP contribution in [0.25, 0.3) is 0 Å². The number of amides is 1.